The van der Waals surface area contributed by atoms with E-state index >= 15 is 0 Å². The Morgan fingerprint density at radius 1 is 0.897 bits per heavy atom. The number of alkyl carbamates (subject to hydrolysis) is 1. The molecule has 29 heavy (non-hydrogen) atoms. The second kappa shape index (κ2) is 9.81. The molecule has 0 saturated carbocycles. The largest absolute Gasteiger partial charge is 0.444 e. The Morgan fingerprint density at radius 2 is 1.34 bits per heavy atom. The van der Waals surface area contributed by atoms with Gasteiger partial charge in [-0.3, -0.25) is 0 Å². The Labute approximate surface area is 181 Å². The van der Waals surface area contributed by atoms with Crippen LogP contribution in [-0.4, -0.2) is 58.8 Å². The summed E-state index contributed by atoms with van der Waals surface area (Å²) in [6, 6.07) is -0.608. The lowest BCUT2D eigenvalue weighted by atomic mass is 10.2. The Morgan fingerprint density at radius 3 is 1.69 bits per heavy atom. The van der Waals surface area contributed by atoms with Gasteiger partial charge in [0.1, 0.15) is 5.60 Å². The molecular formula is C21H47NO5Si2. The smallest absolute Gasteiger partial charge is 0.408 e. The Bertz CT molecular complexity index is 531. The molecule has 0 unspecified atom stereocenters. The van der Waals surface area contributed by atoms with E-state index in [1.54, 1.807) is 0 Å². The summed E-state index contributed by atoms with van der Waals surface area (Å²) in [5, 5.41) is 12.9. The number of aliphatic hydroxyl groups is 1. The summed E-state index contributed by atoms with van der Waals surface area (Å²) < 4.78 is 18.4. The van der Waals surface area contributed by atoms with Crippen molar-refractivity contribution in [1.29, 1.82) is 0 Å². The van der Waals surface area contributed by atoms with Crippen molar-refractivity contribution < 1.29 is 23.5 Å². The predicted octanol–water partition coefficient (Wildman–Crippen LogP) is 5.28. The Kier molecular flexibility index (Phi) is 9.67. The average molecular weight is 450 g/mol. The second-order valence-electron chi connectivity index (χ2n) is 11.9. The van der Waals surface area contributed by atoms with Crippen LogP contribution in [0.1, 0.15) is 62.3 Å². The first-order chi connectivity index (χ1) is 12.6. The maximum atomic E-state index is 12.3. The minimum atomic E-state index is -2.15. The number of rotatable bonds is 8. The van der Waals surface area contributed by atoms with Crippen molar-refractivity contribution in [1.82, 2.24) is 5.32 Å². The number of hydrogen-bond donors (Lipinski definition) is 2. The molecule has 0 heterocycles. The van der Waals surface area contributed by atoms with Gasteiger partial charge < -0.3 is 24.0 Å². The van der Waals surface area contributed by atoms with E-state index in [0.29, 0.717) is 6.61 Å². The minimum Gasteiger partial charge on any atom is -0.444 e. The van der Waals surface area contributed by atoms with Crippen LogP contribution in [0.25, 0.3) is 0 Å². The van der Waals surface area contributed by atoms with Gasteiger partial charge in [0.05, 0.1) is 25.4 Å². The van der Waals surface area contributed by atoms with Gasteiger partial charge in [-0.1, -0.05) is 41.5 Å². The lowest BCUT2D eigenvalue weighted by Gasteiger charge is -2.43. The molecule has 0 aliphatic carbocycles. The van der Waals surface area contributed by atoms with E-state index in [1.807, 2.05) is 20.8 Å². The van der Waals surface area contributed by atoms with Crippen LogP contribution in [0.5, 0.6) is 0 Å². The number of amides is 1. The zero-order valence-electron chi connectivity index (χ0n) is 21.1. The molecule has 6 nitrogen and oxygen atoms in total. The standard InChI is InChI=1S/C21H47NO5Si2/c1-19(2,3)26-18(24)22-16(14-23)17(27-29(12,13)21(7,8)9)15-25-28(10,11)20(4,5)6/h16-17,23H,14-15H2,1-13H3,(H,22,24)/t16-,17+/m0/s1. The Balaban J connectivity index is 5.61. The molecule has 0 aliphatic heterocycles. The summed E-state index contributed by atoms with van der Waals surface area (Å²) in [6.07, 6.45) is -1.02. The van der Waals surface area contributed by atoms with Crippen molar-refractivity contribution in [3.63, 3.8) is 0 Å². The van der Waals surface area contributed by atoms with E-state index in [1.165, 1.54) is 0 Å². The maximum Gasteiger partial charge on any atom is 0.408 e. The molecule has 8 heteroatoms. The normalized spacial score (nSPS) is 16.3. The van der Waals surface area contributed by atoms with Crippen LogP contribution in [0.3, 0.4) is 0 Å². The van der Waals surface area contributed by atoms with Crippen LogP contribution in [0.4, 0.5) is 4.79 Å². The first kappa shape index (κ1) is 28.6. The van der Waals surface area contributed by atoms with Crippen molar-refractivity contribution in [2.24, 2.45) is 0 Å². The van der Waals surface area contributed by atoms with E-state index in [2.05, 4.69) is 73.0 Å². The second-order valence-corrected chi connectivity index (χ2v) is 21.5. The maximum absolute atomic E-state index is 12.3. The third-order valence-corrected chi connectivity index (χ3v) is 15.0. The van der Waals surface area contributed by atoms with Crippen molar-refractivity contribution in [3.8, 4) is 0 Å². The van der Waals surface area contributed by atoms with Gasteiger partial charge >= 0.3 is 6.09 Å². The molecule has 174 valence electrons. The summed E-state index contributed by atoms with van der Waals surface area (Å²) in [5.41, 5.74) is -0.614. The van der Waals surface area contributed by atoms with Gasteiger partial charge in [0, 0.05) is 0 Å². The molecule has 0 aromatic carbocycles. The topological polar surface area (TPSA) is 77.0 Å². The first-order valence-electron chi connectivity index (χ1n) is 10.5. The van der Waals surface area contributed by atoms with Crippen LogP contribution in [0.15, 0.2) is 0 Å². The molecule has 0 aliphatic rings. The zero-order valence-corrected chi connectivity index (χ0v) is 23.1. The van der Waals surface area contributed by atoms with Crippen molar-refractivity contribution >= 4 is 22.7 Å². The number of carbonyl (C=O) groups is 1. The quantitative estimate of drug-likeness (QED) is 0.493. The third kappa shape index (κ3) is 9.50. The summed E-state index contributed by atoms with van der Waals surface area (Å²) in [7, 11) is -4.17. The fraction of sp³-hybridized carbons (Fsp3) is 0.952. The fourth-order valence-electron chi connectivity index (χ4n) is 2.01. The lowest BCUT2D eigenvalue weighted by Crippen LogP contribution is -2.56. The average Bonchev–Trinajstić information content (AvgIpc) is 2.45. The fourth-order valence-corrected chi connectivity index (χ4v) is 4.37. The van der Waals surface area contributed by atoms with E-state index in [0.717, 1.165) is 0 Å². The van der Waals surface area contributed by atoms with Crippen LogP contribution in [-0.2, 0) is 13.6 Å². The number of carbonyl (C=O) groups excluding carboxylic acids is 1. The van der Waals surface area contributed by atoms with Gasteiger partial charge in [-0.25, -0.2) is 4.79 Å². The van der Waals surface area contributed by atoms with Crippen LogP contribution >= 0.6 is 0 Å². The highest BCUT2D eigenvalue weighted by Crippen LogP contribution is 2.39. The molecule has 2 N–H and O–H groups in total. The predicted molar refractivity (Wildman–Crippen MR) is 125 cm³/mol. The van der Waals surface area contributed by atoms with Crippen LogP contribution in [0, 0.1) is 0 Å². The number of ether oxygens (including phenoxy) is 1. The minimum absolute atomic E-state index is 0.00581. The molecule has 0 bridgehead atoms. The van der Waals surface area contributed by atoms with E-state index in [-0.39, 0.29) is 16.7 Å². The molecule has 0 aromatic heterocycles. The molecular weight excluding hydrogens is 402 g/mol. The van der Waals surface area contributed by atoms with Gasteiger partial charge in [-0.15, -0.1) is 0 Å². The first-order valence-corrected chi connectivity index (χ1v) is 16.4. The molecule has 2 atom stereocenters. The summed E-state index contributed by atoms with van der Waals surface area (Å²) in [4.78, 5) is 12.3. The van der Waals surface area contributed by atoms with Gasteiger partial charge in [0.15, 0.2) is 16.6 Å². The Hall–Kier alpha value is -0.416. The van der Waals surface area contributed by atoms with Gasteiger partial charge in [-0.2, -0.15) is 0 Å². The highest BCUT2D eigenvalue weighted by Gasteiger charge is 2.43. The monoisotopic (exact) mass is 449 g/mol. The SMILES string of the molecule is CC(C)(C)OC(=O)N[C@@H](CO)[C@@H](CO[Si](C)(C)C(C)(C)C)O[Si](C)(C)C(C)(C)C. The molecule has 0 saturated heterocycles. The molecule has 0 radical (unpaired) electrons. The zero-order chi connectivity index (χ0) is 23.5. The third-order valence-electron chi connectivity index (χ3n) is 6.01. The molecule has 0 rings (SSSR count). The van der Waals surface area contributed by atoms with Crippen molar-refractivity contribution in [2.45, 2.75) is 116 Å². The lowest BCUT2D eigenvalue weighted by molar-refractivity contribution is 0.0262. The summed E-state index contributed by atoms with van der Waals surface area (Å²) in [5.74, 6) is 0. The molecule has 1 amide bonds. The number of nitrogens with one attached hydrogen (secondary N) is 1. The molecule has 0 fully saturated rings. The van der Waals surface area contributed by atoms with Gasteiger partial charge in [0.25, 0.3) is 0 Å². The van der Waals surface area contributed by atoms with Crippen LogP contribution < -0.4 is 5.32 Å². The highest BCUT2D eigenvalue weighted by molar-refractivity contribution is 6.74. The van der Waals surface area contributed by atoms with Gasteiger partial charge in [-0.05, 0) is 57.0 Å². The molecule has 0 aromatic rings. The van der Waals surface area contributed by atoms with E-state index in [4.69, 9.17) is 13.6 Å². The molecule has 0 spiro atoms. The van der Waals surface area contributed by atoms with E-state index in [9.17, 15) is 9.90 Å². The highest BCUT2D eigenvalue weighted by atomic mass is 28.4. The van der Waals surface area contributed by atoms with Crippen LogP contribution in [0.2, 0.25) is 36.3 Å². The number of aliphatic hydroxyl groups excluding tert-OH is 1. The number of hydrogen-bond acceptors (Lipinski definition) is 5. The van der Waals surface area contributed by atoms with Crippen molar-refractivity contribution in [2.75, 3.05) is 13.2 Å². The summed E-state index contributed by atoms with van der Waals surface area (Å²) >= 11 is 0. The van der Waals surface area contributed by atoms with Crippen molar-refractivity contribution in [3.05, 3.63) is 0 Å². The van der Waals surface area contributed by atoms with Gasteiger partial charge in [0.2, 0.25) is 0 Å². The van der Waals surface area contributed by atoms with E-state index < -0.39 is 40.5 Å². The summed E-state index contributed by atoms with van der Waals surface area (Å²) in [6.45, 7) is 27.3.